The zero-order valence-corrected chi connectivity index (χ0v) is 20.1. The molecule has 0 unspecified atom stereocenters. The van der Waals surface area contributed by atoms with Crippen LogP contribution >= 0.6 is 0 Å². The van der Waals surface area contributed by atoms with Crippen molar-refractivity contribution in [3.63, 3.8) is 0 Å². The van der Waals surface area contributed by atoms with Gasteiger partial charge in [0.25, 0.3) is 5.91 Å². The number of fused-ring (bicyclic) bond motifs is 1. The number of likely N-dealkylation sites (tertiary alicyclic amines) is 1. The van der Waals surface area contributed by atoms with Gasteiger partial charge in [-0.05, 0) is 55.6 Å². The Kier molecular flexibility index (Phi) is 5.33. The predicted octanol–water partition coefficient (Wildman–Crippen LogP) is 2.63. The van der Waals surface area contributed by atoms with Crippen molar-refractivity contribution < 1.29 is 14.4 Å². The smallest absolute Gasteiger partial charge is 0.326 e. The van der Waals surface area contributed by atoms with Crippen molar-refractivity contribution in [2.24, 2.45) is 11.3 Å². The molecule has 9 heteroatoms. The summed E-state index contributed by atoms with van der Waals surface area (Å²) >= 11 is 0. The van der Waals surface area contributed by atoms with Crippen molar-refractivity contribution in [1.82, 2.24) is 24.7 Å². The van der Waals surface area contributed by atoms with Gasteiger partial charge in [-0.1, -0.05) is 32.9 Å². The molecule has 2 saturated heterocycles. The molecule has 3 heterocycles. The second kappa shape index (κ2) is 7.99. The molecule has 1 spiro atoms. The highest BCUT2D eigenvalue weighted by Gasteiger charge is 2.56. The van der Waals surface area contributed by atoms with Crippen molar-refractivity contribution in [3.8, 4) is 0 Å². The van der Waals surface area contributed by atoms with Gasteiger partial charge in [0, 0.05) is 19.1 Å². The van der Waals surface area contributed by atoms with Crippen molar-refractivity contribution in [1.29, 1.82) is 0 Å². The van der Waals surface area contributed by atoms with E-state index >= 15 is 0 Å². The normalized spacial score (nSPS) is 27.6. The number of nitrogens with zero attached hydrogens (tertiary/aromatic N) is 3. The molecular formula is C25H33N5O4. The quantitative estimate of drug-likeness (QED) is 0.677. The number of piperidine rings is 1. The number of rotatable bonds is 3. The summed E-state index contributed by atoms with van der Waals surface area (Å²) in [6, 6.07) is 7.13. The summed E-state index contributed by atoms with van der Waals surface area (Å²) in [6.07, 6.45) is 3.48. The minimum atomic E-state index is -0.901. The van der Waals surface area contributed by atoms with Crippen LogP contribution in [0.15, 0.2) is 29.1 Å². The Morgan fingerprint density at radius 1 is 1.09 bits per heavy atom. The third-order valence-electron chi connectivity index (χ3n) is 7.72. The highest BCUT2D eigenvalue weighted by atomic mass is 16.2. The second-order valence-electron chi connectivity index (χ2n) is 11.2. The highest BCUT2D eigenvalue weighted by Crippen LogP contribution is 2.46. The Bertz CT molecular complexity index is 1210. The number of carbonyl (C=O) groups is 3. The van der Waals surface area contributed by atoms with Gasteiger partial charge in [-0.2, -0.15) is 0 Å². The van der Waals surface area contributed by atoms with Crippen LogP contribution in [0.3, 0.4) is 0 Å². The van der Waals surface area contributed by atoms with Gasteiger partial charge in [-0.3, -0.25) is 19.1 Å². The van der Waals surface area contributed by atoms with Crippen molar-refractivity contribution in [3.05, 3.63) is 34.7 Å². The largest absolute Gasteiger partial charge is 0.341 e. The van der Waals surface area contributed by atoms with Crippen LogP contribution in [-0.4, -0.2) is 62.4 Å². The first-order valence-electron chi connectivity index (χ1n) is 12.2. The number of imide groups is 1. The number of hydrogen-bond acceptors (Lipinski definition) is 4. The molecule has 1 aromatic heterocycles. The summed E-state index contributed by atoms with van der Waals surface area (Å²) < 4.78 is 1.78. The average Bonchev–Trinajstić information content (AvgIpc) is 3.20. The minimum absolute atomic E-state index is 0.00126. The minimum Gasteiger partial charge on any atom is -0.341 e. The number of hydrogen-bond donors (Lipinski definition) is 2. The molecule has 9 nitrogen and oxygen atoms in total. The Labute approximate surface area is 198 Å². The number of amides is 4. The molecule has 2 aromatic rings. The van der Waals surface area contributed by atoms with E-state index in [0.29, 0.717) is 44.7 Å². The van der Waals surface area contributed by atoms with Gasteiger partial charge in [0.1, 0.15) is 12.1 Å². The van der Waals surface area contributed by atoms with E-state index in [0.717, 1.165) is 22.4 Å². The number of carbonyl (C=O) groups excluding carboxylic acids is 3. The van der Waals surface area contributed by atoms with Crippen LogP contribution < -0.4 is 11.0 Å². The molecule has 1 saturated carbocycles. The van der Waals surface area contributed by atoms with E-state index in [-0.39, 0.29) is 35.5 Å². The van der Waals surface area contributed by atoms with Gasteiger partial charge in [-0.15, -0.1) is 0 Å². The second-order valence-corrected chi connectivity index (χ2v) is 11.2. The molecule has 4 amide bonds. The lowest BCUT2D eigenvalue weighted by Crippen LogP contribution is -2.54. The van der Waals surface area contributed by atoms with E-state index in [1.54, 1.807) is 9.47 Å². The van der Waals surface area contributed by atoms with E-state index in [2.05, 4.69) is 31.1 Å². The Morgan fingerprint density at radius 3 is 2.50 bits per heavy atom. The number of aromatic amines is 1. The zero-order chi connectivity index (χ0) is 24.3. The van der Waals surface area contributed by atoms with Crippen LogP contribution in [0, 0.1) is 11.3 Å². The van der Waals surface area contributed by atoms with Gasteiger partial charge in [0.2, 0.25) is 5.91 Å². The van der Waals surface area contributed by atoms with Gasteiger partial charge in [0.05, 0.1) is 11.0 Å². The van der Waals surface area contributed by atoms with Gasteiger partial charge >= 0.3 is 11.7 Å². The molecule has 182 valence electrons. The number of benzene rings is 1. The molecular weight excluding hydrogens is 434 g/mol. The Balaban J connectivity index is 1.24. The van der Waals surface area contributed by atoms with Crippen LogP contribution in [0.25, 0.3) is 11.0 Å². The number of urea groups is 1. The fraction of sp³-hybridized carbons (Fsp3) is 0.600. The Morgan fingerprint density at radius 2 is 1.79 bits per heavy atom. The molecule has 1 aliphatic carbocycles. The van der Waals surface area contributed by atoms with E-state index in [1.165, 1.54) is 0 Å². The van der Waals surface area contributed by atoms with E-state index in [4.69, 9.17) is 0 Å². The van der Waals surface area contributed by atoms with Crippen LogP contribution in [0.1, 0.15) is 58.9 Å². The molecule has 0 radical (unpaired) electrons. The van der Waals surface area contributed by atoms with E-state index in [1.807, 2.05) is 24.3 Å². The predicted molar refractivity (Wildman–Crippen MR) is 127 cm³/mol. The van der Waals surface area contributed by atoms with Crippen molar-refractivity contribution in [2.75, 3.05) is 19.6 Å². The topological polar surface area (TPSA) is 108 Å². The highest BCUT2D eigenvalue weighted by molar-refractivity contribution is 6.09. The molecule has 3 fully saturated rings. The lowest BCUT2D eigenvalue weighted by molar-refractivity contribution is -0.141. The first-order valence-corrected chi connectivity index (χ1v) is 12.2. The number of imidazole rings is 1. The summed E-state index contributed by atoms with van der Waals surface area (Å²) in [5.74, 6) is -0.185. The SMILES string of the molecule is C[C@H]1CC(C)(C)C[C@]2(C1)NC(=O)N(CC(=O)N1CCC(n3c(=O)[nH]c4ccccc43)CC1)C2=O. The third-order valence-corrected chi connectivity index (χ3v) is 7.72. The van der Waals surface area contributed by atoms with Crippen LogP contribution in [0.4, 0.5) is 4.79 Å². The first-order chi connectivity index (χ1) is 16.1. The molecule has 34 heavy (non-hydrogen) atoms. The zero-order valence-electron chi connectivity index (χ0n) is 20.1. The fourth-order valence-electron chi connectivity index (χ4n) is 6.70. The van der Waals surface area contributed by atoms with Gasteiger partial charge < -0.3 is 15.2 Å². The van der Waals surface area contributed by atoms with Gasteiger partial charge in [-0.25, -0.2) is 9.59 Å². The molecule has 3 aliphatic rings. The van der Waals surface area contributed by atoms with Crippen LogP contribution in [-0.2, 0) is 9.59 Å². The summed E-state index contributed by atoms with van der Waals surface area (Å²) in [6.45, 7) is 7.09. The summed E-state index contributed by atoms with van der Waals surface area (Å²) in [5, 5.41) is 2.94. The monoisotopic (exact) mass is 467 g/mol. The Hall–Kier alpha value is -3.10. The number of H-pyrrole nitrogens is 1. The number of aromatic nitrogens is 2. The number of para-hydroxylation sites is 2. The van der Waals surface area contributed by atoms with Crippen LogP contribution in [0.2, 0.25) is 0 Å². The van der Waals surface area contributed by atoms with Crippen molar-refractivity contribution in [2.45, 2.75) is 64.5 Å². The maximum Gasteiger partial charge on any atom is 0.326 e. The molecule has 2 aliphatic heterocycles. The van der Waals surface area contributed by atoms with Crippen LogP contribution in [0.5, 0.6) is 0 Å². The fourth-order valence-corrected chi connectivity index (χ4v) is 6.70. The summed E-state index contributed by atoms with van der Waals surface area (Å²) in [4.78, 5) is 57.4. The lowest BCUT2D eigenvalue weighted by atomic mass is 9.64. The molecule has 0 bridgehead atoms. The third kappa shape index (κ3) is 3.80. The average molecular weight is 468 g/mol. The maximum atomic E-state index is 13.3. The molecule has 5 rings (SSSR count). The number of nitrogens with one attached hydrogen (secondary N) is 2. The standard InChI is InChI=1S/C25H33N5O4/c1-16-12-24(2,3)15-25(13-16)21(32)29(23(34)27-25)14-20(31)28-10-8-17(9-11-28)30-19-7-5-4-6-18(19)26-22(30)33/h4-7,16-17H,8-15H2,1-3H3,(H,26,33)(H,27,34)/t16-,25-/m0/s1. The first kappa shape index (κ1) is 22.7. The molecule has 2 N–H and O–H groups in total. The van der Waals surface area contributed by atoms with E-state index in [9.17, 15) is 19.2 Å². The van der Waals surface area contributed by atoms with Crippen molar-refractivity contribution >= 4 is 28.9 Å². The lowest BCUT2D eigenvalue weighted by Gasteiger charge is -2.43. The molecule has 2 atom stereocenters. The summed E-state index contributed by atoms with van der Waals surface area (Å²) in [7, 11) is 0. The molecule has 1 aromatic carbocycles. The van der Waals surface area contributed by atoms with Gasteiger partial charge in [0.15, 0.2) is 0 Å². The van der Waals surface area contributed by atoms with E-state index < -0.39 is 11.6 Å². The maximum absolute atomic E-state index is 13.3. The summed E-state index contributed by atoms with van der Waals surface area (Å²) in [5.41, 5.74) is 0.580.